The molecule has 2 heterocycles. The minimum atomic E-state index is -0.166. The first-order valence-corrected chi connectivity index (χ1v) is 7.82. The van der Waals surface area contributed by atoms with Crippen LogP contribution in [-0.2, 0) is 17.8 Å². The highest BCUT2D eigenvalue weighted by Gasteiger charge is 2.13. The molecule has 0 saturated carbocycles. The Morgan fingerprint density at radius 3 is 2.52 bits per heavy atom. The molecule has 0 bridgehead atoms. The smallest absolute Gasteiger partial charge is 0.225 e. The molecule has 1 aromatic carbocycles. The molecular formula is C17H21FN4O. The molecular weight excluding hydrogens is 295 g/mol. The van der Waals surface area contributed by atoms with E-state index < -0.39 is 0 Å². The first-order valence-electron chi connectivity index (χ1n) is 7.82. The fourth-order valence-corrected chi connectivity index (χ4v) is 2.53. The molecule has 0 radical (unpaired) electrons. The van der Waals surface area contributed by atoms with Gasteiger partial charge in [0.2, 0.25) is 5.95 Å². The number of nitrogens with zero attached hydrogens (tertiary/aromatic N) is 3. The summed E-state index contributed by atoms with van der Waals surface area (Å²) in [5.74, 6) is 0.590. The highest BCUT2D eigenvalue weighted by Crippen LogP contribution is 2.11. The lowest BCUT2D eigenvalue weighted by Gasteiger charge is -2.26. The van der Waals surface area contributed by atoms with E-state index in [0.717, 1.165) is 43.4 Å². The Labute approximate surface area is 135 Å². The lowest BCUT2D eigenvalue weighted by molar-refractivity contribution is 0.122. The molecule has 1 aliphatic rings. The van der Waals surface area contributed by atoms with Gasteiger partial charge in [0.1, 0.15) is 5.82 Å². The summed E-state index contributed by atoms with van der Waals surface area (Å²) in [6.07, 6.45) is 3.70. The van der Waals surface area contributed by atoms with Crippen LogP contribution in [0.4, 0.5) is 10.3 Å². The number of aromatic nitrogens is 2. The van der Waals surface area contributed by atoms with Crippen molar-refractivity contribution in [3.63, 3.8) is 0 Å². The quantitative estimate of drug-likeness (QED) is 0.915. The monoisotopic (exact) mass is 316 g/mol. The number of anilines is 1. The Kier molecular flexibility index (Phi) is 5.15. The van der Waals surface area contributed by atoms with E-state index in [9.17, 15) is 4.39 Å². The molecule has 1 N–H and O–H groups in total. The van der Waals surface area contributed by atoms with Gasteiger partial charge >= 0.3 is 0 Å². The predicted octanol–water partition coefficient (Wildman–Crippen LogP) is 2.05. The topological polar surface area (TPSA) is 50.3 Å². The zero-order chi connectivity index (χ0) is 16.1. The first kappa shape index (κ1) is 15.8. The van der Waals surface area contributed by atoms with Crippen LogP contribution in [0.2, 0.25) is 0 Å². The van der Waals surface area contributed by atoms with Crippen LogP contribution >= 0.6 is 0 Å². The molecule has 3 rings (SSSR count). The number of nitrogens with one attached hydrogen (secondary N) is 1. The molecule has 5 nitrogen and oxygen atoms in total. The van der Waals surface area contributed by atoms with Crippen molar-refractivity contribution in [1.29, 1.82) is 0 Å². The molecule has 6 heteroatoms. The van der Waals surface area contributed by atoms with Crippen molar-refractivity contribution >= 4 is 5.95 Å². The second-order valence-electron chi connectivity index (χ2n) is 5.68. The fraction of sp³-hybridized carbons (Fsp3) is 0.412. The zero-order valence-electron chi connectivity index (χ0n) is 13.3. The Morgan fingerprint density at radius 2 is 1.83 bits per heavy atom. The summed E-state index contributed by atoms with van der Waals surface area (Å²) in [4.78, 5) is 11.0. The van der Waals surface area contributed by atoms with Gasteiger partial charge in [0.25, 0.3) is 0 Å². The third-order valence-corrected chi connectivity index (χ3v) is 3.87. The second kappa shape index (κ2) is 7.48. The Hall–Kier alpha value is -2.05. The number of hydrogen-bond donors (Lipinski definition) is 1. The van der Waals surface area contributed by atoms with E-state index in [1.807, 2.05) is 18.5 Å². The van der Waals surface area contributed by atoms with E-state index in [2.05, 4.69) is 20.2 Å². The Morgan fingerprint density at radius 1 is 1.13 bits per heavy atom. The van der Waals surface area contributed by atoms with Gasteiger partial charge in [-0.2, -0.15) is 0 Å². The Balaban J connectivity index is 1.51. The van der Waals surface area contributed by atoms with Gasteiger partial charge in [0.15, 0.2) is 0 Å². The van der Waals surface area contributed by atoms with Gasteiger partial charge in [0.05, 0.1) is 13.2 Å². The number of rotatable bonds is 5. The number of ether oxygens (including phenoxy) is 1. The molecule has 0 amide bonds. The van der Waals surface area contributed by atoms with Crippen molar-refractivity contribution in [1.82, 2.24) is 15.3 Å². The van der Waals surface area contributed by atoms with Crippen LogP contribution in [0.15, 0.2) is 30.6 Å². The van der Waals surface area contributed by atoms with E-state index in [1.165, 1.54) is 6.07 Å². The van der Waals surface area contributed by atoms with Crippen molar-refractivity contribution in [3.05, 3.63) is 53.1 Å². The summed E-state index contributed by atoms with van der Waals surface area (Å²) in [6, 6.07) is 5.17. The van der Waals surface area contributed by atoms with Crippen LogP contribution in [0.25, 0.3) is 0 Å². The molecule has 1 saturated heterocycles. The number of halogens is 1. The SMILES string of the molecule is Cc1cc(CNCc2cnc(N3CCOCC3)nc2)ccc1F. The van der Waals surface area contributed by atoms with Crippen LogP contribution in [-0.4, -0.2) is 36.3 Å². The maximum Gasteiger partial charge on any atom is 0.225 e. The minimum Gasteiger partial charge on any atom is -0.378 e. The third kappa shape index (κ3) is 4.24. The summed E-state index contributed by atoms with van der Waals surface area (Å²) < 4.78 is 18.6. The summed E-state index contributed by atoms with van der Waals surface area (Å²) in [5, 5.41) is 3.33. The van der Waals surface area contributed by atoms with Gasteiger partial charge in [-0.15, -0.1) is 0 Å². The molecule has 0 spiro atoms. The van der Waals surface area contributed by atoms with Crippen LogP contribution < -0.4 is 10.2 Å². The zero-order valence-corrected chi connectivity index (χ0v) is 13.3. The molecule has 122 valence electrons. The molecule has 23 heavy (non-hydrogen) atoms. The van der Waals surface area contributed by atoms with Crippen molar-refractivity contribution in [2.24, 2.45) is 0 Å². The lowest BCUT2D eigenvalue weighted by atomic mass is 10.1. The minimum absolute atomic E-state index is 0.166. The average Bonchev–Trinajstić information content (AvgIpc) is 2.59. The molecule has 0 unspecified atom stereocenters. The molecule has 1 fully saturated rings. The molecule has 1 aliphatic heterocycles. The largest absolute Gasteiger partial charge is 0.378 e. The molecule has 0 atom stereocenters. The van der Waals surface area contributed by atoms with Crippen molar-refractivity contribution < 1.29 is 9.13 Å². The van der Waals surface area contributed by atoms with Gasteiger partial charge in [0, 0.05) is 44.1 Å². The number of morpholine rings is 1. The highest BCUT2D eigenvalue weighted by atomic mass is 19.1. The highest BCUT2D eigenvalue weighted by molar-refractivity contribution is 5.30. The second-order valence-corrected chi connectivity index (χ2v) is 5.68. The van der Waals surface area contributed by atoms with Crippen LogP contribution in [0.3, 0.4) is 0 Å². The van der Waals surface area contributed by atoms with E-state index >= 15 is 0 Å². The van der Waals surface area contributed by atoms with Gasteiger partial charge in [-0.1, -0.05) is 12.1 Å². The predicted molar refractivity (Wildman–Crippen MR) is 86.7 cm³/mol. The van der Waals surface area contributed by atoms with E-state index in [1.54, 1.807) is 13.0 Å². The van der Waals surface area contributed by atoms with E-state index in [0.29, 0.717) is 18.7 Å². The lowest BCUT2D eigenvalue weighted by Crippen LogP contribution is -2.37. The summed E-state index contributed by atoms with van der Waals surface area (Å²) >= 11 is 0. The van der Waals surface area contributed by atoms with Gasteiger partial charge in [-0.25, -0.2) is 14.4 Å². The van der Waals surface area contributed by atoms with Crippen molar-refractivity contribution in [3.8, 4) is 0 Å². The van der Waals surface area contributed by atoms with E-state index in [-0.39, 0.29) is 5.82 Å². The third-order valence-electron chi connectivity index (χ3n) is 3.87. The average molecular weight is 316 g/mol. The van der Waals surface area contributed by atoms with Crippen molar-refractivity contribution in [2.75, 3.05) is 31.2 Å². The molecule has 2 aromatic rings. The number of hydrogen-bond acceptors (Lipinski definition) is 5. The Bertz CT molecular complexity index is 642. The van der Waals surface area contributed by atoms with Crippen LogP contribution in [0, 0.1) is 12.7 Å². The maximum atomic E-state index is 13.2. The van der Waals surface area contributed by atoms with Crippen LogP contribution in [0.1, 0.15) is 16.7 Å². The number of benzene rings is 1. The van der Waals surface area contributed by atoms with Gasteiger partial charge < -0.3 is 15.0 Å². The van der Waals surface area contributed by atoms with Gasteiger partial charge in [-0.3, -0.25) is 0 Å². The summed E-state index contributed by atoms with van der Waals surface area (Å²) in [5.41, 5.74) is 2.76. The van der Waals surface area contributed by atoms with Crippen molar-refractivity contribution in [2.45, 2.75) is 20.0 Å². The first-order chi connectivity index (χ1) is 11.2. The maximum absolute atomic E-state index is 13.2. The van der Waals surface area contributed by atoms with Crippen LogP contribution in [0.5, 0.6) is 0 Å². The number of aryl methyl sites for hydroxylation is 1. The van der Waals surface area contributed by atoms with Gasteiger partial charge in [-0.05, 0) is 24.1 Å². The molecule has 1 aromatic heterocycles. The summed E-state index contributed by atoms with van der Waals surface area (Å²) in [6.45, 7) is 6.26. The summed E-state index contributed by atoms with van der Waals surface area (Å²) in [7, 11) is 0. The standard InChI is InChI=1S/C17H21FN4O/c1-13-8-14(2-3-16(13)18)9-19-10-15-11-20-17(21-12-15)22-4-6-23-7-5-22/h2-3,8,11-12,19H,4-7,9-10H2,1H3. The fourth-order valence-electron chi connectivity index (χ4n) is 2.53. The van der Waals surface area contributed by atoms with E-state index in [4.69, 9.17) is 4.74 Å². The normalized spacial score (nSPS) is 15.0. The molecule has 0 aliphatic carbocycles.